The summed E-state index contributed by atoms with van der Waals surface area (Å²) in [4.78, 5) is 13.8. The molecule has 0 atom stereocenters. The molecule has 1 aromatic carbocycles. The summed E-state index contributed by atoms with van der Waals surface area (Å²) in [6.07, 6.45) is 3.82. The Morgan fingerprint density at radius 3 is 2.46 bits per heavy atom. The van der Waals surface area contributed by atoms with E-state index < -0.39 is 9.84 Å². The molecule has 1 aliphatic heterocycles. The Morgan fingerprint density at radius 1 is 1.21 bits per heavy atom. The molecule has 0 radical (unpaired) electrons. The summed E-state index contributed by atoms with van der Waals surface area (Å²) in [6.45, 7) is 2.45. The second-order valence-electron chi connectivity index (χ2n) is 5.52. The molecule has 0 bridgehead atoms. The number of hydrogen-bond acceptors (Lipinski definition) is 4. The number of hydrogen-bond donors (Lipinski definition) is 1. The van der Waals surface area contributed by atoms with Crippen LogP contribution in [0.4, 0.5) is 4.39 Å². The summed E-state index contributed by atoms with van der Waals surface area (Å²) in [5, 5.41) is 2.78. The fourth-order valence-electron chi connectivity index (χ4n) is 2.29. The van der Waals surface area contributed by atoms with Gasteiger partial charge in [0.15, 0.2) is 9.84 Å². The van der Waals surface area contributed by atoms with Crippen LogP contribution in [0.2, 0.25) is 0 Å². The maximum atomic E-state index is 12.7. The number of nitrogens with one attached hydrogen (secondary N) is 1. The highest BCUT2D eigenvalue weighted by Gasteiger charge is 2.20. The second-order valence-corrected chi connectivity index (χ2v) is 7.83. The minimum atomic E-state index is -2.84. The van der Waals surface area contributed by atoms with Gasteiger partial charge in [0.1, 0.15) is 5.82 Å². The Morgan fingerprint density at radius 2 is 1.83 bits per heavy atom. The van der Waals surface area contributed by atoms with Crippen molar-refractivity contribution < 1.29 is 17.6 Å². The smallest absolute Gasteiger partial charge is 0.243 e. The monoisotopic (exact) mass is 376 g/mol. The summed E-state index contributed by atoms with van der Waals surface area (Å²) < 4.78 is 35.4. The predicted octanol–water partition coefficient (Wildman–Crippen LogP) is 1.50. The van der Waals surface area contributed by atoms with Crippen molar-refractivity contribution in [2.45, 2.75) is 6.42 Å². The van der Waals surface area contributed by atoms with Gasteiger partial charge >= 0.3 is 0 Å². The molecule has 5 nitrogen and oxygen atoms in total. The molecule has 1 aromatic rings. The van der Waals surface area contributed by atoms with Crippen LogP contribution >= 0.6 is 12.4 Å². The quantitative estimate of drug-likeness (QED) is 0.603. The van der Waals surface area contributed by atoms with Crippen molar-refractivity contribution in [1.82, 2.24) is 10.2 Å². The molecular formula is C16H22ClFN2O3S. The second kappa shape index (κ2) is 9.76. The highest BCUT2D eigenvalue weighted by molar-refractivity contribution is 7.91. The lowest BCUT2D eigenvalue weighted by molar-refractivity contribution is -0.116. The molecule has 1 N–H and O–H groups in total. The molecule has 0 aliphatic carbocycles. The van der Waals surface area contributed by atoms with Crippen LogP contribution in [0.15, 0.2) is 30.3 Å². The van der Waals surface area contributed by atoms with Crippen molar-refractivity contribution >= 4 is 34.2 Å². The minimum Gasteiger partial charge on any atom is -0.353 e. The van der Waals surface area contributed by atoms with Crippen molar-refractivity contribution in [3.05, 3.63) is 41.7 Å². The molecule has 1 fully saturated rings. The Balaban J connectivity index is 0.00000288. The van der Waals surface area contributed by atoms with Gasteiger partial charge in [0, 0.05) is 25.7 Å². The van der Waals surface area contributed by atoms with Gasteiger partial charge in [-0.15, -0.1) is 12.4 Å². The molecule has 0 saturated carbocycles. The third-order valence-electron chi connectivity index (χ3n) is 3.68. The number of amides is 1. The van der Waals surface area contributed by atoms with Crippen LogP contribution in [0.25, 0.3) is 6.08 Å². The number of carbonyl (C=O) groups excluding carboxylic acids is 1. The summed E-state index contributed by atoms with van der Waals surface area (Å²) >= 11 is 0. The van der Waals surface area contributed by atoms with Crippen molar-refractivity contribution in [1.29, 1.82) is 0 Å². The first kappa shape index (κ1) is 20.6. The van der Waals surface area contributed by atoms with E-state index in [1.165, 1.54) is 18.2 Å². The fourth-order valence-corrected chi connectivity index (χ4v) is 3.57. The molecular weight excluding hydrogens is 355 g/mol. The van der Waals surface area contributed by atoms with Crippen LogP contribution < -0.4 is 5.32 Å². The van der Waals surface area contributed by atoms with Gasteiger partial charge in [-0.3, -0.25) is 4.79 Å². The molecule has 1 aliphatic rings. The molecule has 0 aromatic heterocycles. The zero-order chi connectivity index (χ0) is 16.7. The van der Waals surface area contributed by atoms with Crippen LogP contribution in [0, 0.1) is 5.82 Å². The number of carbonyl (C=O) groups is 1. The van der Waals surface area contributed by atoms with E-state index >= 15 is 0 Å². The molecule has 24 heavy (non-hydrogen) atoms. The van der Waals surface area contributed by atoms with E-state index in [-0.39, 0.29) is 35.6 Å². The topological polar surface area (TPSA) is 66.5 Å². The minimum absolute atomic E-state index is 0. The van der Waals surface area contributed by atoms with Gasteiger partial charge in [-0.25, -0.2) is 12.8 Å². The average molecular weight is 377 g/mol. The molecule has 0 spiro atoms. The van der Waals surface area contributed by atoms with E-state index in [9.17, 15) is 17.6 Å². The number of nitrogens with zero attached hydrogens (tertiary/aromatic N) is 1. The molecule has 0 unspecified atom stereocenters. The van der Waals surface area contributed by atoms with Gasteiger partial charge in [-0.2, -0.15) is 0 Å². The lowest BCUT2D eigenvalue weighted by Crippen LogP contribution is -2.41. The summed E-state index contributed by atoms with van der Waals surface area (Å²) in [6, 6.07) is 5.89. The number of sulfone groups is 1. The fraction of sp³-hybridized carbons (Fsp3) is 0.438. The van der Waals surface area contributed by atoms with Gasteiger partial charge in [-0.1, -0.05) is 12.1 Å². The average Bonchev–Trinajstić information content (AvgIpc) is 2.52. The van der Waals surface area contributed by atoms with Gasteiger partial charge in [-0.05, 0) is 36.7 Å². The zero-order valence-electron chi connectivity index (χ0n) is 13.3. The maximum Gasteiger partial charge on any atom is 0.243 e. The summed E-state index contributed by atoms with van der Waals surface area (Å²) in [7, 11) is -2.84. The van der Waals surface area contributed by atoms with E-state index in [1.54, 1.807) is 18.2 Å². The van der Waals surface area contributed by atoms with Crippen LogP contribution in [-0.2, 0) is 14.6 Å². The lowest BCUT2D eigenvalue weighted by atomic mass is 10.2. The van der Waals surface area contributed by atoms with Gasteiger partial charge in [0.2, 0.25) is 5.91 Å². The van der Waals surface area contributed by atoms with Crippen molar-refractivity contribution in [2.75, 3.05) is 37.7 Å². The molecule has 134 valence electrons. The van der Waals surface area contributed by atoms with Crippen LogP contribution in [0.3, 0.4) is 0 Å². The Labute approximate surface area is 148 Å². The predicted molar refractivity (Wildman–Crippen MR) is 95.4 cm³/mol. The Kier molecular flexibility index (Phi) is 8.38. The van der Waals surface area contributed by atoms with Crippen LogP contribution in [0.1, 0.15) is 12.0 Å². The SMILES string of the molecule is Cl.O=C(C=Cc1ccc(F)cc1)NCCCN1CCS(=O)(=O)CC1. The van der Waals surface area contributed by atoms with Crippen LogP contribution in [-0.4, -0.2) is 56.9 Å². The first-order valence-corrected chi connectivity index (χ1v) is 9.41. The molecule has 8 heteroatoms. The van der Waals surface area contributed by atoms with Crippen molar-refractivity contribution in [3.8, 4) is 0 Å². The van der Waals surface area contributed by atoms with Crippen LogP contribution in [0.5, 0.6) is 0 Å². The third-order valence-corrected chi connectivity index (χ3v) is 5.29. The molecule has 2 rings (SSSR count). The number of rotatable bonds is 6. The standard InChI is InChI=1S/C16H21FN2O3S.ClH/c17-15-5-2-14(3-6-15)4-7-16(20)18-8-1-9-19-10-12-23(21,22)13-11-19;/h2-7H,1,8-13H2,(H,18,20);1H. The zero-order valence-corrected chi connectivity index (χ0v) is 14.9. The summed E-state index contributed by atoms with van der Waals surface area (Å²) in [5.41, 5.74) is 0.760. The third kappa shape index (κ3) is 7.42. The van der Waals surface area contributed by atoms with Crippen molar-refractivity contribution in [2.24, 2.45) is 0 Å². The highest BCUT2D eigenvalue weighted by atomic mass is 35.5. The molecule has 1 amide bonds. The first-order chi connectivity index (χ1) is 10.9. The normalized spacial score (nSPS) is 17.4. The first-order valence-electron chi connectivity index (χ1n) is 7.59. The number of halogens is 2. The largest absolute Gasteiger partial charge is 0.353 e. The molecule has 1 heterocycles. The Hall–Kier alpha value is -1.44. The van der Waals surface area contributed by atoms with Crippen molar-refractivity contribution in [3.63, 3.8) is 0 Å². The van der Waals surface area contributed by atoms with Gasteiger partial charge in [0.25, 0.3) is 0 Å². The molecule has 1 saturated heterocycles. The lowest BCUT2D eigenvalue weighted by Gasteiger charge is -2.26. The van der Waals surface area contributed by atoms with Gasteiger partial charge < -0.3 is 10.2 Å². The van der Waals surface area contributed by atoms with E-state index in [4.69, 9.17) is 0 Å². The summed E-state index contributed by atoms with van der Waals surface area (Å²) in [5.74, 6) is -0.0628. The maximum absolute atomic E-state index is 12.7. The van der Waals surface area contributed by atoms with Gasteiger partial charge in [0.05, 0.1) is 11.5 Å². The van der Waals surface area contributed by atoms with E-state index in [0.29, 0.717) is 19.6 Å². The number of benzene rings is 1. The Bertz CT molecular complexity index is 648. The van der Waals surface area contributed by atoms with E-state index in [0.717, 1.165) is 18.5 Å². The van der Waals surface area contributed by atoms with E-state index in [1.807, 2.05) is 0 Å². The highest BCUT2D eigenvalue weighted by Crippen LogP contribution is 2.05. The van der Waals surface area contributed by atoms with E-state index in [2.05, 4.69) is 10.2 Å².